The summed E-state index contributed by atoms with van der Waals surface area (Å²) in [5, 5.41) is 11.7. The van der Waals surface area contributed by atoms with Gasteiger partial charge in [0, 0.05) is 11.7 Å². The van der Waals surface area contributed by atoms with Gasteiger partial charge in [-0.2, -0.15) is 0 Å². The summed E-state index contributed by atoms with van der Waals surface area (Å²) in [7, 11) is 0. The maximum atomic E-state index is 12.6. The van der Waals surface area contributed by atoms with Crippen molar-refractivity contribution in [2.75, 3.05) is 11.9 Å². The van der Waals surface area contributed by atoms with E-state index in [0.717, 1.165) is 0 Å². The summed E-state index contributed by atoms with van der Waals surface area (Å²) >= 11 is 0. The van der Waals surface area contributed by atoms with Gasteiger partial charge in [-0.1, -0.05) is 6.07 Å². The number of rotatable bonds is 3. The summed E-state index contributed by atoms with van der Waals surface area (Å²) in [4.78, 5) is 0. The van der Waals surface area contributed by atoms with Gasteiger partial charge in [-0.25, -0.2) is 4.39 Å². The Hall–Kier alpha value is -1.09. The van der Waals surface area contributed by atoms with Crippen molar-refractivity contribution >= 4 is 5.69 Å². The lowest BCUT2D eigenvalue weighted by Crippen LogP contribution is -2.19. The molecule has 0 bridgehead atoms. The van der Waals surface area contributed by atoms with Gasteiger partial charge in [-0.3, -0.25) is 0 Å². The van der Waals surface area contributed by atoms with Crippen LogP contribution in [0.25, 0.3) is 0 Å². The van der Waals surface area contributed by atoms with Gasteiger partial charge in [0.15, 0.2) is 0 Å². The predicted octanol–water partition coefficient (Wildman–Crippen LogP) is 1.62. The van der Waals surface area contributed by atoms with Gasteiger partial charge in [0.25, 0.3) is 0 Å². The quantitative estimate of drug-likeness (QED) is 0.720. The molecule has 66 valence electrons. The molecule has 2 nitrogen and oxygen atoms in total. The van der Waals surface area contributed by atoms with Crippen molar-refractivity contribution in [2.45, 2.75) is 13.0 Å². The summed E-state index contributed by atoms with van der Waals surface area (Å²) in [6.45, 7) is 1.86. The van der Waals surface area contributed by atoms with Crippen LogP contribution >= 0.6 is 0 Å². The fraction of sp³-hybridized carbons (Fsp3) is 0.333. The largest absolute Gasteiger partial charge is 0.394 e. The third kappa shape index (κ3) is 2.51. The van der Waals surface area contributed by atoms with E-state index in [-0.39, 0.29) is 18.5 Å². The van der Waals surface area contributed by atoms with E-state index in [4.69, 9.17) is 5.11 Å². The van der Waals surface area contributed by atoms with Crippen LogP contribution in [0.15, 0.2) is 24.3 Å². The molecule has 2 N–H and O–H groups in total. The fourth-order valence-corrected chi connectivity index (χ4v) is 0.908. The first kappa shape index (κ1) is 9.00. The summed E-state index contributed by atoms with van der Waals surface area (Å²) < 4.78 is 12.6. The van der Waals surface area contributed by atoms with Crippen molar-refractivity contribution in [3.63, 3.8) is 0 Å². The Morgan fingerprint density at radius 1 is 1.58 bits per heavy atom. The van der Waals surface area contributed by atoms with Crippen LogP contribution < -0.4 is 5.32 Å². The molecule has 0 aromatic heterocycles. The van der Waals surface area contributed by atoms with Crippen LogP contribution in [0.4, 0.5) is 10.1 Å². The molecule has 1 atom stereocenters. The van der Waals surface area contributed by atoms with Crippen LogP contribution in [0, 0.1) is 5.82 Å². The number of hydrogen-bond acceptors (Lipinski definition) is 2. The second-order valence-electron chi connectivity index (χ2n) is 2.74. The molecule has 0 heterocycles. The normalized spacial score (nSPS) is 12.6. The highest BCUT2D eigenvalue weighted by atomic mass is 19.1. The average molecular weight is 169 g/mol. The molecule has 0 saturated carbocycles. The first-order valence-corrected chi connectivity index (χ1v) is 3.85. The molecule has 3 heteroatoms. The number of nitrogens with one attached hydrogen (secondary N) is 1. The zero-order chi connectivity index (χ0) is 8.97. The number of anilines is 1. The lowest BCUT2D eigenvalue weighted by molar-refractivity contribution is 0.281. The van der Waals surface area contributed by atoms with Gasteiger partial charge in [-0.15, -0.1) is 0 Å². The predicted molar refractivity (Wildman–Crippen MR) is 46.6 cm³/mol. The minimum atomic E-state index is -0.273. The molecule has 12 heavy (non-hydrogen) atoms. The van der Waals surface area contributed by atoms with E-state index in [1.54, 1.807) is 12.1 Å². The lowest BCUT2D eigenvalue weighted by atomic mass is 10.2. The van der Waals surface area contributed by atoms with Gasteiger partial charge in [0.2, 0.25) is 0 Å². The highest BCUT2D eigenvalue weighted by Crippen LogP contribution is 2.09. The molecule has 0 radical (unpaired) electrons. The third-order valence-corrected chi connectivity index (χ3v) is 1.51. The second-order valence-corrected chi connectivity index (χ2v) is 2.74. The Morgan fingerprint density at radius 3 is 2.92 bits per heavy atom. The molecule has 0 saturated heterocycles. The van der Waals surface area contributed by atoms with Gasteiger partial charge in [0.1, 0.15) is 5.82 Å². The Labute approximate surface area is 71.0 Å². The van der Waals surface area contributed by atoms with Crippen LogP contribution in [-0.4, -0.2) is 17.8 Å². The van der Waals surface area contributed by atoms with Gasteiger partial charge in [-0.05, 0) is 25.1 Å². The van der Waals surface area contributed by atoms with E-state index in [2.05, 4.69) is 5.32 Å². The highest BCUT2D eigenvalue weighted by molar-refractivity contribution is 5.43. The van der Waals surface area contributed by atoms with E-state index >= 15 is 0 Å². The molecule has 0 aliphatic carbocycles. The maximum absolute atomic E-state index is 12.6. The van der Waals surface area contributed by atoms with Crippen molar-refractivity contribution in [1.82, 2.24) is 0 Å². The standard InChI is InChI=1S/C9H12FNO/c1-7(6-12)11-9-4-2-3-8(10)5-9/h2-5,7,11-12H,6H2,1H3. The zero-order valence-electron chi connectivity index (χ0n) is 6.92. The minimum Gasteiger partial charge on any atom is -0.394 e. The third-order valence-electron chi connectivity index (χ3n) is 1.51. The Balaban J connectivity index is 2.63. The number of aliphatic hydroxyl groups excluding tert-OH is 1. The minimum absolute atomic E-state index is 0.0382. The molecule has 0 amide bonds. The average Bonchev–Trinajstić information content (AvgIpc) is 2.04. The van der Waals surface area contributed by atoms with Crippen molar-refractivity contribution in [3.05, 3.63) is 30.1 Å². The molecular weight excluding hydrogens is 157 g/mol. The van der Waals surface area contributed by atoms with E-state index < -0.39 is 0 Å². The molecular formula is C9H12FNO. The maximum Gasteiger partial charge on any atom is 0.125 e. The number of hydrogen-bond donors (Lipinski definition) is 2. The first-order valence-electron chi connectivity index (χ1n) is 3.85. The monoisotopic (exact) mass is 169 g/mol. The molecule has 0 aliphatic rings. The summed E-state index contributed by atoms with van der Waals surface area (Å²) in [6.07, 6.45) is 0. The molecule has 1 rings (SSSR count). The Morgan fingerprint density at radius 2 is 2.33 bits per heavy atom. The smallest absolute Gasteiger partial charge is 0.125 e. The van der Waals surface area contributed by atoms with Crippen molar-refractivity contribution in [2.24, 2.45) is 0 Å². The lowest BCUT2D eigenvalue weighted by Gasteiger charge is -2.11. The van der Waals surface area contributed by atoms with Gasteiger partial charge in [0.05, 0.1) is 6.61 Å². The summed E-state index contributed by atoms with van der Waals surface area (Å²) in [5.41, 5.74) is 0.691. The number of benzene rings is 1. The molecule has 1 aromatic carbocycles. The topological polar surface area (TPSA) is 32.3 Å². The molecule has 0 spiro atoms. The Kier molecular flexibility index (Phi) is 3.05. The van der Waals surface area contributed by atoms with Crippen LogP contribution in [0.3, 0.4) is 0 Å². The molecule has 0 fully saturated rings. The van der Waals surface area contributed by atoms with Crippen molar-refractivity contribution in [3.8, 4) is 0 Å². The first-order chi connectivity index (χ1) is 5.72. The molecule has 1 aromatic rings. The van der Waals surface area contributed by atoms with E-state index in [1.807, 2.05) is 6.92 Å². The summed E-state index contributed by atoms with van der Waals surface area (Å²) in [5.74, 6) is -0.273. The van der Waals surface area contributed by atoms with Crippen LogP contribution in [0.1, 0.15) is 6.92 Å². The van der Waals surface area contributed by atoms with E-state index in [9.17, 15) is 4.39 Å². The van der Waals surface area contributed by atoms with Crippen LogP contribution in [0.2, 0.25) is 0 Å². The van der Waals surface area contributed by atoms with Crippen LogP contribution in [-0.2, 0) is 0 Å². The fourth-order valence-electron chi connectivity index (χ4n) is 0.908. The van der Waals surface area contributed by atoms with E-state index in [0.29, 0.717) is 5.69 Å². The summed E-state index contributed by atoms with van der Waals surface area (Å²) in [6, 6.07) is 6.12. The molecule has 1 unspecified atom stereocenters. The Bertz CT molecular complexity index is 252. The number of aliphatic hydroxyl groups is 1. The van der Waals surface area contributed by atoms with Crippen molar-refractivity contribution < 1.29 is 9.50 Å². The molecule has 0 aliphatic heterocycles. The van der Waals surface area contributed by atoms with E-state index in [1.165, 1.54) is 12.1 Å². The van der Waals surface area contributed by atoms with Gasteiger partial charge >= 0.3 is 0 Å². The highest BCUT2D eigenvalue weighted by Gasteiger charge is 1.99. The van der Waals surface area contributed by atoms with Gasteiger partial charge < -0.3 is 10.4 Å². The van der Waals surface area contributed by atoms with Crippen LogP contribution in [0.5, 0.6) is 0 Å². The number of halogens is 1. The second kappa shape index (κ2) is 4.07. The van der Waals surface area contributed by atoms with Crippen molar-refractivity contribution in [1.29, 1.82) is 0 Å². The SMILES string of the molecule is CC(CO)Nc1cccc(F)c1. The zero-order valence-corrected chi connectivity index (χ0v) is 6.92.